The number of aromatic nitrogens is 2. The average Bonchev–Trinajstić information content (AvgIpc) is 3.44. The lowest BCUT2D eigenvalue weighted by molar-refractivity contribution is -0.134. The molecule has 8 heteroatoms. The third-order valence-electron chi connectivity index (χ3n) is 6.44. The van der Waals surface area contributed by atoms with Crippen LogP contribution in [0.25, 0.3) is 0 Å². The minimum atomic E-state index is -0.287. The van der Waals surface area contributed by atoms with Crippen LogP contribution in [0.5, 0.6) is 0 Å². The molecule has 2 amide bonds. The lowest BCUT2D eigenvalue weighted by atomic mass is 9.91. The number of carbonyl (C=O) groups is 2. The zero-order chi connectivity index (χ0) is 21.1. The van der Waals surface area contributed by atoms with Crippen molar-refractivity contribution >= 4 is 17.8 Å². The predicted octanol–water partition coefficient (Wildman–Crippen LogP) is 1.57. The van der Waals surface area contributed by atoms with Crippen molar-refractivity contribution in [2.24, 2.45) is 11.8 Å². The maximum absolute atomic E-state index is 13.1. The van der Waals surface area contributed by atoms with Crippen LogP contribution in [-0.4, -0.2) is 72.1 Å². The van der Waals surface area contributed by atoms with Crippen molar-refractivity contribution in [1.82, 2.24) is 20.2 Å². The number of likely N-dealkylation sites (tertiary alicyclic amines) is 1. The van der Waals surface area contributed by atoms with Crippen LogP contribution in [0.4, 0.5) is 5.95 Å². The molecule has 3 fully saturated rings. The number of nitrogens with zero attached hydrogens (tertiary/aromatic N) is 4. The van der Waals surface area contributed by atoms with Crippen LogP contribution in [0.3, 0.4) is 0 Å². The lowest BCUT2D eigenvalue weighted by Crippen LogP contribution is -2.40. The van der Waals surface area contributed by atoms with E-state index in [0.29, 0.717) is 32.3 Å². The highest BCUT2D eigenvalue weighted by Crippen LogP contribution is 2.35. The SMILES string of the molecule is CC(C)NC(=O)[C@H]1CN(C(=O)C2CCCC2)C[C@@H]1c1ccnc(N2CCOCC2)n1. The molecule has 0 unspecified atom stereocenters. The van der Waals surface area contributed by atoms with Crippen molar-refractivity contribution in [3.05, 3.63) is 18.0 Å². The van der Waals surface area contributed by atoms with E-state index in [9.17, 15) is 9.59 Å². The van der Waals surface area contributed by atoms with Gasteiger partial charge in [0.2, 0.25) is 17.8 Å². The molecule has 3 aliphatic rings. The second kappa shape index (κ2) is 9.29. The van der Waals surface area contributed by atoms with Gasteiger partial charge in [0.15, 0.2) is 0 Å². The number of carbonyl (C=O) groups excluding carboxylic acids is 2. The Morgan fingerprint density at radius 2 is 1.90 bits per heavy atom. The van der Waals surface area contributed by atoms with Gasteiger partial charge in [0.05, 0.1) is 24.8 Å². The maximum atomic E-state index is 13.1. The molecule has 164 valence electrons. The standard InChI is InChI=1S/C22H33N5O3/c1-15(2)24-20(28)18-14-27(21(29)16-5-3-4-6-16)13-17(18)19-7-8-23-22(25-19)26-9-11-30-12-10-26/h7-8,15-18H,3-6,9-14H2,1-2H3,(H,24,28)/t17-,18-/m0/s1. The van der Waals surface area contributed by atoms with E-state index in [1.54, 1.807) is 6.20 Å². The van der Waals surface area contributed by atoms with Crippen molar-refractivity contribution in [1.29, 1.82) is 0 Å². The molecule has 30 heavy (non-hydrogen) atoms. The second-order valence-electron chi connectivity index (χ2n) is 8.98. The summed E-state index contributed by atoms with van der Waals surface area (Å²) in [4.78, 5) is 39.4. The van der Waals surface area contributed by atoms with Crippen molar-refractivity contribution in [2.75, 3.05) is 44.3 Å². The van der Waals surface area contributed by atoms with E-state index in [1.807, 2.05) is 24.8 Å². The fourth-order valence-electron chi connectivity index (χ4n) is 4.86. The zero-order valence-electron chi connectivity index (χ0n) is 18.0. The Hall–Kier alpha value is -2.22. The van der Waals surface area contributed by atoms with Gasteiger partial charge in [0.1, 0.15) is 0 Å². The molecule has 0 aromatic carbocycles. The van der Waals surface area contributed by atoms with Gasteiger partial charge in [-0.25, -0.2) is 9.97 Å². The molecule has 0 bridgehead atoms. The predicted molar refractivity (Wildman–Crippen MR) is 113 cm³/mol. The number of rotatable bonds is 5. The van der Waals surface area contributed by atoms with Crippen molar-refractivity contribution in [3.8, 4) is 0 Å². The highest BCUT2D eigenvalue weighted by atomic mass is 16.5. The zero-order valence-corrected chi connectivity index (χ0v) is 18.0. The van der Waals surface area contributed by atoms with Crippen LogP contribution in [0.2, 0.25) is 0 Å². The van der Waals surface area contributed by atoms with Crippen molar-refractivity contribution in [3.63, 3.8) is 0 Å². The summed E-state index contributed by atoms with van der Waals surface area (Å²) in [5.41, 5.74) is 0.845. The Morgan fingerprint density at radius 1 is 1.17 bits per heavy atom. The molecule has 1 aliphatic carbocycles. The van der Waals surface area contributed by atoms with E-state index >= 15 is 0 Å². The van der Waals surface area contributed by atoms with Gasteiger partial charge in [-0.05, 0) is 32.8 Å². The maximum Gasteiger partial charge on any atom is 0.225 e. The molecule has 1 aromatic rings. The largest absolute Gasteiger partial charge is 0.378 e. The summed E-state index contributed by atoms with van der Waals surface area (Å²) in [5.74, 6) is 0.608. The molecular weight excluding hydrogens is 382 g/mol. The summed E-state index contributed by atoms with van der Waals surface area (Å²) < 4.78 is 5.43. The number of hydrogen-bond donors (Lipinski definition) is 1. The summed E-state index contributed by atoms with van der Waals surface area (Å²) in [5, 5.41) is 3.04. The number of anilines is 1. The Balaban J connectivity index is 1.56. The third kappa shape index (κ3) is 4.58. The van der Waals surface area contributed by atoms with Crippen LogP contribution in [-0.2, 0) is 14.3 Å². The average molecular weight is 416 g/mol. The summed E-state index contributed by atoms with van der Waals surface area (Å²) in [6.07, 6.45) is 5.96. The Labute approximate surface area is 178 Å². The lowest BCUT2D eigenvalue weighted by Gasteiger charge is -2.27. The van der Waals surface area contributed by atoms with Gasteiger partial charge in [-0.15, -0.1) is 0 Å². The van der Waals surface area contributed by atoms with E-state index in [1.165, 1.54) is 0 Å². The fourth-order valence-corrected chi connectivity index (χ4v) is 4.86. The van der Waals surface area contributed by atoms with Crippen molar-refractivity contribution < 1.29 is 14.3 Å². The summed E-state index contributed by atoms with van der Waals surface area (Å²) in [6.45, 7) is 7.80. The number of hydrogen-bond acceptors (Lipinski definition) is 6. The van der Waals surface area contributed by atoms with Crippen LogP contribution < -0.4 is 10.2 Å². The molecule has 1 N–H and O–H groups in total. The number of nitrogens with one attached hydrogen (secondary N) is 1. The first-order chi connectivity index (χ1) is 14.5. The molecule has 1 saturated carbocycles. The fraction of sp³-hybridized carbons (Fsp3) is 0.727. The second-order valence-corrected chi connectivity index (χ2v) is 8.98. The first-order valence-electron chi connectivity index (χ1n) is 11.3. The van der Waals surface area contributed by atoms with E-state index in [-0.39, 0.29) is 35.6 Å². The molecular formula is C22H33N5O3. The Morgan fingerprint density at radius 3 is 2.60 bits per heavy atom. The van der Waals surface area contributed by atoms with Crippen molar-refractivity contribution in [2.45, 2.75) is 51.5 Å². The van der Waals surface area contributed by atoms with Crippen LogP contribution in [0.1, 0.15) is 51.1 Å². The topological polar surface area (TPSA) is 87.7 Å². The molecule has 2 aliphatic heterocycles. The highest BCUT2D eigenvalue weighted by Gasteiger charge is 2.43. The number of amides is 2. The molecule has 8 nitrogen and oxygen atoms in total. The Kier molecular flexibility index (Phi) is 6.51. The van der Waals surface area contributed by atoms with E-state index < -0.39 is 0 Å². The monoisotopic (exact) mass is 415 g/mol. The first-order valence-corrected chi connectivity index (χ1v) is 11.3. The molecule has 0 spiro atoms. The molecule has 2 atom stereocenters. The highest BCUT2D eigenvalue weighted by molar-refractivity contribution is 5.84. The molecule has 3 heterocycles. The molecule has 0 radical (unpaired) electrons. The third-order valence-corrected chi connectivity index (χ3v) is 6.44. The van der Waals surface area contributed by atoms with Crippen LogP contribution >= 0.6 is 0 Å². The van der Waals surface area contributed by atoms with Gasteiger partial charge in [-0.2, -0.15) is 0 Å². The summed E-state index contributed by atoms with van der Waals surface area (Å²) in [7, 11) is 0. The molecule has 2 saturated heterocycles. The van der Waals surface area contributed by atoms with E-state index in [2.05, 4.69) is 15.2 Å². The normalized spacial score (nSPS) is 25.2. The van der Waals surface area contributed by atoms with Gasteiger partial charge >= 0.3 is 0 Å². The summed E-state index contributed by atoms with van der Waals surface area (Å²) in [6, 6.07) is 1.96. The smallest absolute Gasteiger partial charge is 0.225 e. The minimum Gasteiger partial charge on any atom is -0.378 e. The van der Waals surface area contributed by atoms with Gasteiger partial charge in [-0.3, -0.25) is 9.59 Å². The molecule has 4 rings (SSSR count). The van der Waals surface area contributed by atoms with Crippen LogP contribution in [0.15, 0.2) is 12.3 Å². The van der Waals surface area contributed by atoms with Gasteiger partial charge in [0, 0.05) is 50.3 Å². The number of morpholine rings is 1. The number of ether oxygens (including phenoxy) is 1. The minimum absolute atomic E-state index is 0.00302. The first kappa shape index (κ1) is 21.0. The summed E-state index contributed by atoms with van der Waals surface area (Å²) >= 11 is 0. The molecule has 1 aromatic heterocycles. The van der Waals surface area contributed by atoms with E-state index in [0.717, 1.165) is 44.5 Å². The van der Waals surface area contributed by atoms with Gasteiger partial charge in [0.25, 0.3) is 0 Å². The van der Waals surface area contributed by atoms with E-state index in [4.69, 9.17) is 9.72 Å². The Bertz CT molecular complexity index is 759. The quantitative estimate of drug-likeness (QED) is 0.786. The van der Waals surface area contributed by atoms with Gasteiger partial charge < -0.3 is 19.9 Å². The van der Waals surface area contributed by atoms with Gasteiger partial charge in [-0.1, -0.05) is 12.8 Å². The van der Waals surface area contributed by atoms with Crippen LogP contribution in [0, 0.1) is 11.8 Å².